The van der Waals surface area contributed by atoms with Gasteiger partial charge in [0, 0.05) is 16.8 Å². The molecule has 4 atom stereocenters. The third-order valence-electron chi connectivity index (χ3n) is 6.84. The number of para-hydroxylation sites is 1. The first-order valence-electron chi connectivity index (χ1n) is 10.4. The van der Waals surface area contributed by atoms with Gasteiger partial charge in [-0.15, -0.1) is 0 Å². The van der Waals surface area contributed by atoms with E-state index in [4.69, 9.17) is 9.15 Å². The van der Waals surface area contributed by atoms with E-state index in [1.165, 1.54) is 7.11 Å². The molecule has 156 valence electrons. The maximum Gasteiger partial charge on any atom is 0.244 e. The average molecular weight is 416 g/mol. The standard InChI is InChI=1S/C24H20N2O5/c1-30-19-9-15-14-4-2-3-5-17(14)31-18(15)10-16(19)25-20(27)11-26-23(28)21-12-6-7-13(8-12)22(21)24(26)29/h2-7,9-10,12-13,21-22H,8,11H2,1H3,(H,25,27)/t12-,13-,21-,22+/m0/s1. The van der Waals surface area contributed by atoms with Crippen LogP contribution >= 0.6 is 0 Å². The third-order valence-corrected chi connectivity index (χ3v) is 6.84. The van der Waals surface area contributed by atoms with Gasteiger partial charge in [0.25, 0.3) is 0 Å². The van der Waals surface area contributed by atoms with Crippen LogP contribution in [0.25, 0.3) is 21.9 Å². The molecule has 7 heteroatoms. The fourth-order valence-corrected chi connectivity index (χ4v) is 5.47. The minimum atomic E-state index is -0.448. The molecule has 0 radical (unpaired) electrons. The predicted octanol–water partition coefficient (Wildman–Crippen LogP) is 3.34. The van der Waals surface area contributed by atoms with Crippen molar-refractivity contribution in [1.82, 2.24) is 4.90 Å². The fraction of sp³-hybridized carbons (Fsp3) is 0.292. The van der Waals surface area contributed by atoms with Crippen molar-refractivity contribution in [1.29, 1.82) is 0 Å². The maximum absolute atomic E-state index is 12.8. The molecular weight excluding hydrogens is 396 g/mol. The van der Waals surface area contributed by atoms with Crippen molar-refractivity contribution >= 4 is 45.3 Å². The molecule has 6 rings (SSSR count). The summed E-state index contributed by atoms with van der Waals surface area (Å²) >= 11 is 0. The van der Waals surface area contributed by atoms with Gasteiger partial charge in [0.2, 0.25) is 17.7 Å². The summed E-state index contributed by atoms with van der Waals surface area (Å²) in [5, 5.41) is 4.62. The molecule has 1 aliphatic heterocycles. The number of allylic oxidation sites excluding steroid dienone is 2. The molecule has 3 aromatic rings. The lowest BCUT2D eigenvalue weighted by molar-refractivity contribution is -0.143. The van der Waals surface area contributed by atoms with E-state index < -0.39 is 5.91 Å². The van der Waals surface area contributed by atoms with Crippen LogP contribution in [0, 0.1) is 23.7 Å². The number of benzene rings is 2. The lowest BCUT2D eigenvalue weighted by Crippen LogP contribution is -2.39. The van der Waals surface area contributed by atoms with Gasteiger partial charge in [-0.05, 0) is 30.4 Å². The molecule has 2 heterocycles. The maximum atomic E-state index is 12.8. The normalized spacial score (nSPS) is 26.3. The Morgan fingerprint density at radius 3 is 2.48 bits per heavy atom. The average Bonchev–Trinajstić information content (AvgIpc) is 3.52. The summed E-state index contributed by atoms with van der Waals surface area (Å²) in [7, 11) is 1.52. The molecular formula is C24H20N2O5. The van der Waals surface area contributed by atoms with E-state index in [-0.39, 0.29) is 42.0 Å². The molecule has 1 aromatic heterocycles. The second-order valence-corrected chi connectivity index (χ2v) is 8.46. The largest absolute Gasteiger partial charge is 0.495 e. The highest BCUT2D eigenvalue weighted by Crippen LogP contribution is 2.52. The number of fused-ring (bicyclic) bond motifs is 8. The number of amides is 3. The number of imide groups is 1. The molecule has 3 aliphatic rings. The van der Waals surface area contributed by atoms with E-state index in [2.05, 4.69) is 5.32 Å². The Labute approximate surface area is 177 Å². The number of carbonyl (C=O) groups is 3. The summed E-state index contributed by atoms with van der Waals surface area (Å²) in [5.74, 6) is -0.816. The molecule has 31 heavy (non-hydrogen) atoms. The Balaban J connectivity index is 1.26. The van der Waals surface area contributed by atoms with Crippen LogP contribution in [-0.4, -0.2) is 36.3 Å². The Kier molecular flexibility index (Phi) is 3.78. The zero-order valence-electron chi connectivity index (χ0n) is 16.8. The van der Waals surface area contributed by atoms with Gasteiger partial charge in [0.1, 0.15) is 23.5 Å². The Bertz CT molecular complexity index is 1280. The first kappa shape index (κ1) is 18.2. The van der Waals surface area contributed by atoms with Crippen LogP contribution < -0.4 is 10.1 Å². The summed E-state index contributed by atoms with van der Waals surface area (Å²) in [6.07, 6.45) is 4.93. The highest BCUT2D eigenvalue weighted by atomic mass is 16.5. The van der Waals surface area contributed by atoms with Gasteiger partial charge in [0.15, 0.2) is 0 Å². The SMILES string of the molecule is COc1cc2c(cc1NC(=O)CN1C(=O)[C@@H]3[C@H](C1=O)[C@H]1C=C[C@H]3C1)oc1ccccc12. The molecule has 2 bridgehead atoms. The highest BCUT2D eigenvalue weighted by Gasteiger charge is 2.59. The fourth-order valence-electron chi connectivity index (χ4n) is 5.47. The van der Waals surface area contributed by atoms with Gasteiger partial charge in [-0.3, -0.25) is 19.3 Å². The van der Waals surface area contributed by atoms with Crippen molar-refractivity contribution in [3.05, 3.63) is 48.6 Å². The van der Waals surface area contributed by atoms with Crippen LogP contribution in [0.5, 0.6) is 5.75 Å². The summed E-state index contributed by atoms with van der Waals surface area (Å²) in [6, 6.07) is 11.2. The van der Waals surface area contributed by atoms with Gasteiger partial charge < -0.3 is 14.5 Å². The van der Waals surface area contributed by atoms with Gasteiger partial charge in [-0.2, -0.15) is 0 Å². The van der Waals surface area contributed by atoms with Crippen LogP contribution in [-0.2, 0) is 14.4 Å². The summed E-state index contributed by atoms with van der Waals surface area (Å²) in [6.45, 7) is -0.300. The van der Waals surface area contributed by atoms with Gasteiger partial charge >= 0.3 is 0 Å². The smallest absolute Gasteiger partial charge is 0.244 e. The number of rotatable bonds is 4. The van der Waals surface area contributed by atoms with Crippen LogP contribution in [0.4, 0.5) is 5.69 Å². The minimum absolute atomic E-state index is 0.120. The Morgan fingerprint density at radius 2 is 1.77 bits per heavy atom. The number of hydrogen-bond donors (Lipinski definition) is 1. The lowest BCUT2D eigenvalue weighted by Gasteiger charge is -2.17. The van der Waals surface area contributed by atoms with E-state index in [0.29, 0.717) is 17.0 Å². The third kappa shape index (κ3) is 2.55. The second-order valence-electron chi connectivity index (χ2n) is 8.46. The minimum Gasteiger partial charge on any atom is -0.495 e. The topological polar surface area (TPSA) is 88.9 Å². The summed E-state index contributed by atoms with van der Waals surface area (Å²) in [4.78, 5) is 39.5. The van der Waals surface area contributed by atoms with Gasteiger partial charge in [0.05, 0.1) is 24.6 Å². The van der Waals surface area contributed by atoms with E-state index in [9.17, 15) is 14.4 Å². The molecule has 0 unspecified atom stereocenters. The number of anilines is 1. The van der Waals surface area contributed by atoms with Crippen molar-refractivity contribution in [3.8, 4) is 5.75 Å². The van der Waals surface area contributed by atoms with Crippen LogP contribution in [0.2, 0.25) is 0 Å². The number of likely N-dealkylation sites (tertiary alicyclic amines) is 1. The summed E-state index contributed by atoms with van der Waals surface area (Å²) in [5.41, 5.74) is 1.79. The van der Waals surface area contributed by atoms with Gasteiger partial charge in [-0.1, -0.05) is 30.4 Å². The lowest BCUT2D eigenvalue weighted by atomic mass is 9.85. The molecule has 1 saturated heterocycles. The van der Waals surface area contributed by atoms with E-state index in [0.717, 1.165) is 27.7 Å². The van der Waals surface area contributed by atoms with Crippen LogP contribution in [0.1, 0.15) is 6.42 Å². The molecule has 1 saturated carbocycles. The number of hydrogen-bond acceptors (Lipinski definition) is 5. The first-order chi connectivity index (χ1) is 15.0. The monoisotopic (exact) mass is 416 g/mol. The van der Waals surface area contributed by atoms with Crippen LogP contribution in [0.3, 0.4) is 0 Å². The number of furan rings is 1. The molecule has 0 spiro atoms. The van der Waals surface area contributed by atoms with Gasteiger partial charge in [-0.25, -0.2) is 0 Å². The number of nitrogens with zero attached hydrogens (tertiary/aromatic N) is 1. The van der Waals surface area contributed by atoms with E-state index in [1.807, 2.05) is 42.5 Å². The first-order valence-corrected chi connectivity index (χ1v) is 10.4. The van der Waals surface area contributed by atoms with Crippen molar-refractivity contribution in [2.75, 3.05) is 19.0 Å². The molecule has 3 amide bonds. The van der Waals surface area contributed by atoms with E-state index in [1.54, 1.807) is 6.07 Å². The highest BCUT2D eigenvalue weighted by molar-refractivity contribution is 6.11. The second kappa shape index (κ2) is 6.44. The molecule has 2 fully saturated rings. The zero-order chi connectivity index (χ0) is 21.3. The zero-order valence-corrected chi connectivity index (χ0v) is 16.8. The molecule has 2 aromatic carbocycles. The van der Waals surface area contributed by atoms with E-state index >= 15 is 0 Å². The Morgan fingerprint density at radius 1 is 1.06 bits per heavy atom. The number of methoxy groups -OCH3 is 1. The van der Waals surface area contributed by atoms with Crippen molar-refractivity contribution in [3.63, 3.8) is 0 Å². The van der Waals surface area contributed by atoms with Crippen molar-refractivity contribution in [2.24, 2.45) is 23.7 Å². The number of ether oxygens (including phenoxy) is 1. The number of carbonyl (C=O) groups excluding carboxylic acids is 3. The van der Waals surface area contributed by atoms with Crippen molar-refractivity contribution in [2.45, 2.75) is 6.42 Å². The Hall–Kier alpha value is -3.61. The summed E-state index contributed by atoms with van der Waals surface area (Å²) < 4.78 is 11.4. The van der Waals surface area contributed by atoms with Crippen molar-refractivity contribution < 1.29 is 23.5 Å². The molecule has 7 nitrogen and oxygen atoms in total. The molecule has 2 aliphatic carbocycles. The predicted molar refractivity (Wildman–Crippen MR) is 113 cm³/mol. The molecule has 1 N–H and O–H groups in total. The van der Waals surface area contributed by atoms with Crippen LogP contribution in [0.15, 0.2) is 53.0 Å². The quantitative estimate of drug-likeness (QED) is 0.521. The number of nitrogens with one attached hydrogen (secondary N) is 1.